The molecule has 2 rings (SSSR count). The summed E-state index contributed by atoms with van der Waals surface area (Å²) in [6.07, 6.45) is 3.56. The number of rotatable bonds is 8. The van der Waals surface area contributed by atoms with Crippen molar-refractivity contribution in [1.29, 1.82) is 0 Å². The molecule has 0 aliphatic rings. The molecule has 0 fully saturated rings. The third kappa shape index (κ3) is 5.70. The number of esters is 1. The molecule has 1 heterocycles. The minimum Gasteiger partial charge on any atom is -0.464 e. The highest BCUT2D eigenvalue weighted by Gasteiger charge is 2.24. The zero-order chi connectivity index (χ0) is 18.2. The lowest BCUT2D eigenvalue weighted by Gasteiger charge is -2.18. The van der Waals surface area contributed by atoms with Crippen molar-refractivity contribution in [3.05, 3.63) is 53.9 Å². The second-order valence-corrected chi connectivity index (χ2v) is 5.81. The molecule has 0 spiro atoms. The molecule has 25 heavy (non-hydrogen) atoms. The third-order valence-corrected chi connectivity index (χ3v) is 3.82. The molecule has 0 saturated heterocycles. The van der Waals surface area contributed by atoms with Crippen LogP contribution in [0, 0.1) is 5.82 Å². The predicted octanol–water partition coefficient (Wildman–Crippen LogP) is 2.33. The van der Waals surface area contributed by atoms with Crippen LogP contribution in [-0.2, 0) is 20.7 Å². The predicted molar refractivity (Wildman–Crippen MR) is 90.3 cm³/mol. The van der Waals surface area contributed by atoms with Crippen molar-refractivity contribution >= 4 is 11.9 Å². The first-order chi connectivity index (χ1) is 12.0. The molecule has 0 radical (unpaired) electrons. The van der Waals surface area contributed by atoms with Crippen LogP contribution in [0.3, 0.4) is 0 Å². The van der Waals surface area contributed by atoms with Crippen molar-refractivity contribution in [2.24, 2.45) is 0 Å². The molecular formula is C18H22FN3O3. The van der Waals surface area contributed by atoms with Crippen LogP contribution in [0.4, 0.5) is 4.39 Å². The zero-order valence-corrected chi connectivity index (χ0v) is 14.3. The lowest BCUT2D eigenvalue weighted by atomic mass is 9.97. The molecule has 6 nitrogen and oxygen atoms in total. The molecule has 0 aliphatic heterocycles. The molecule has 2 atom stereocenters. The molecule has 1 amide bonds. The highest BCUT2D eigenvalue weighted by molar-refractivity contribution is 5.85. The number of carbonyl (C=O) groups is 2. The molecule has 1 aromatic heterocycles. The number of imidazole rings is 1. The normalized spacial score (nSPS) is 13.1. The largest absolute Gasteiger partial charge is 0.464 e. The SMILES string of the molecule is CCOC(=O)[C@H](Cc1cnc[nH]1)NC(=O)C[C@@H](C)c1ccc(F)cc1. The fourth-order valence-corrected chi connectivity index (χ4v) is 2.49. The minimum atomic E-state index is -0.784. The summed E-state index contributed by atoms with van der Waals surface area (Å²) in [7, 11) is 0. The second-order valence-electron chi connectivity index (χ2n) is 5.81. The third-order valence-electron chi connectivity index (χ3n) is 3.82. The van der Waals surface area contributed by atoms with Gasteiger partial charge in [0.15, 0.2) is 0 Å². The standard InChI is InChI=1S/C18H22FN3O3/c1-3-25-18(24)16(9-15-10-20-11-21-15)22-17(23)8-12(2)13-4-6-14(19)7-5-13/h4-7,10-12,16H,3,8-9H2,1-2H3,(H,20,21)(H,22,23)/t12-,16+/m1/s1. The highest BCUT2D eigenvalue weighted by Crippen LogP contribution is 2.19. The fraction of sp³-hybridized carbons (Fsp3) is 0.389. The number of halogens is 1. The summed E-state index contributed by atoms with van der Waals surface area (Å²) >= 11 is 0. The van der Waals surface area contributed by atoms with Gasteiger partial charge in [-0.1, -0.05) is 19.1 Å². The Balaban J connectivity index is 1.97. The van der Waals surface area contributed by atoms with Gasteiger partial charge >= 0.3 is 5.97 Å². The van der Waals surface area contributed by atoms with E-state index in [0.29, 0.717) is 0 Å². The second kappa shape index (κ2) is 8.96. The first kappa shape index (κ1) is 18.6. The number of aromatic nitrogens is 2. The van der Waals surface area contributed by atoms with Crippen molar-refractivity contribution in [3.8, 4) is 0 Å². The molecule has 0 unspecified atom stereocenters. The lowest BCUT2D eigenvalue weighted by Crippen LogP contribution is -2.43. The van der Waals surface area contributed by atoms with Gasteiger partial charge in [0.1, 0.15) is 11.9 Å². The van der Waals surface area contributed by atoms with Crippen LogP contribution in [0.5, 0.6) is 0 Å². The fourth-order valence-electron chi connectivity index (χ4n) is 2.49. The number of nitrogens with zero attached hydrogens (tertiary/aromatic N) is 1. The number of aromatic amines is 1. The quantitative estimate of drug-likeness (QED) is 0.718. The number of carbonyl (C=O) groups excluding carboxylic acids is 2. The average Bonchev–Trinajstić information content (AvgIpc) is 3.08. The summed E-state index contributed by atoms with van der Waals surface area (Å²) in [5, 5.41) is 2.72. The molecule has 0 bridgehead atoms. The van der Waals surface area contributed by atoms with Crippen molar-refractivity contribution in [1.82, 2.24) is 15.3 Å². The Morgan fingerprint density at radius 1 is 1.32 bits per heavy atom. The number of ether oxygens (including phenoxy) is 1. The smallest absolute Gasteiger partial charge is 0.329 e. The Morgan fingerprint density at radius 3 is 2.64 bits per heavy atom. The van der Waals surface area contributed by atoms with E-state index in [1.165, 1.54) is 18.5 Å². The van der Waals surface area contributed by atoms with Crippen LogP contribution in [0.15, 0.2) is 36.8 Å². The zero-order valence-electron chi connectivity index (χ0n) is 14.3. The van der Waals surface area contributed by atoms with Crippen LogP contribution >= 0.6 is 0 Å². The van der Waals surface area contributed by atoms with E-state index in [-0.39, 0.29) is 37.1 Å². The summed E-state index contributed by atoms with van der Waals surface area (Å²) in [4.78, 5) is 31.2. The monoisotopic (exact) mass is 347 g/mol. The number of hydrogen-bond acceptors (Lipinski definition) is 4. The maximum atomic E-state index is 13.0. The van der Waals surface area contributed by atoms with E-state index in [1.54, 1.807) is 25.3 Å². The average molecular weight is 347 g/mol. The molecular weight excluding hydrogens is 325 g/mol. The number of H-pyrrole nitrogens is 1. The van der Waals surface area contributed by atoms with E-state index in [0.717, 1.165) is 11.3 Å². The van der Waals surface area contributed by atoms with Crippen LogP contribution in [0.1, 0.15) is 37.4 Å². The highest BCUT2D eigenvalue weighted by atomic mass is 19.1. The number of amides is 1. The van der Waals surface area contributed by atoms with Crippen LogP contribution in [-0.4, -0.2) is 34.5 Å². The van der Waals surface area contributed by atoms with E-state index in [4.69, 9.17) is 4.74 Å². The Bertz CT molecular complexity index is 686. The van der Waals surface area contributed by atoms with Crippen molar-refractivity contribution in [3.63, 3.8) is 0 Å². The van der Waals surface area contributed by atoms with Gasteiger partial charge in [-0.05, 0) is 30.5 Å². The minimum absolute atomic E-state index is 0.101. The van der Waals surface area contributed by atoms with Crippen molar-refractivity contribution < 1.29 is 18.7 Å². The van der Waals surface area contributed by atoms with Gasteiger partial charge in [-0.25, -0.2) is 14.2 Å². The van der Waals surface area contributed by atoms with Gasteiger partial charge in [-0.15, -0.1) is 0 Å². The van der Waals surface area contributed by atoms with E-state index < -0.39 is 12.0 Å². The van der Waals surface area contributed by atoms with Gasteiger partial charge < -0.3 is 15.0 Å². The molecule has 0 saturated carbocycles. The number of hydrogen-bond donors (Lipinski definition) is 2. The van der Waals surface area contributed by atoms with Gasteiger partial charge in [0, 0.05) is 24.7 Å². The lowest BCUT2D eigenvalue weighted by molar-refractivity contribution is -0.147. The number of benzene rings is 1. The van der Waals surface area contributed by atoms with Gasteiger partial charge in [0.05, 0.1) is 12.9 Å². The molecule has 2 aromatic rings. The molecule has 2 N–H and O–H groups in total. The molecule has 0 aliphatic carbocycles. The van der Waals surface area contributed by atoms with Gasteiger partial charge in [0.2, 0.25) is 5.91 Å². The van der Waals surface area contributed by atoms with Gasteiger partial charge in [0.25, 0.3) is 0 Å². The van der Waals surface area contributed by atoms with Crippen molar-refractivity contribution in [2.45, 2.75) is 38.6 Å². The van der Waals surface area contributed by atoms with Crippen LogP contribution in [0.25, 0.3) is 0 Å². The summed E-state index contributed by atoms with van der Waals surface area (Å²) < 4.78 is 18.0. The Labute approximate surface area is 145 Å². The first-order valence-electron chi connectivity index (χ1n) is 8.18. The Hall–Kier alpha value is -2.70. The van der Waals surface area contributed by atoms with E-state index >= 15 is 0 Å². The van der Waals surface area contributed by atoms with Crippen LogP contribution in [0.2, 0.25) is 0 Å². The summed E-state index contributed by atoms with van der Waals surface area (Å²) in [5.74, 6) is -1.17. The van der Waals surface area contributed by atoms with E-state index in [1.807, 2.05) is 6.92 Å². The maximum Gasteiger partial charge on any atom is 0.329 e. The Morgan fingerprint density at radius 2 is 2.04 bits per heavy atom. The first-order valence-corrected chi connectivity index (χ1v) is 8.18. The molecule has 134 valence electrons. The topological polar surface area (TPSA) is 84.1 Å². The van der Waals surface area contributed by atoms with E-state index in [9.17, 15) is 14.0 Å². The summed E-state index contributed by atoms with van der Waals surface area (Å²) in [6.45, 7) is 3.82. The molecule has 7 heteroatoms. The number of nitrogens with one attached hydrogen (secondary N) is 2. The van der Waals surface area contributed by atoms with Crippen molar-refractivity contribution in [2.75, 3.05) is 6.61 Å². The molecule has 1 aromatic carbocycles. The summed E-state index contributed by atoms with van der Waals surface area (Å²) in [6, 6.07) is 5.25. The van der Waals surface area contributed by atoms with Gasteiger partial charge in [-0.3, -0.25) is 4.79 Å². The maximum absolute atomic E-state index is 13.0. The Kier molecular flexibility index (Phi) is 6.68. The summed E-state index contributed by atoms with van der Waals surface area (Å²) in [5.41, 5.74) is 1.59. The van der Waals surface area contributed by atoms with E-state index in [2.05, 4.69) is 15.3 Å². The van der Waals surface area contributed by atoms with Crippen LogP contribution < -0.4 is 5.32 Å². The van der Waals surface area contributed by atoms with Gasteiger partial charge in [-0.2, -0.15) is 0 Å².